The van der Waals surface area contributed by atoms with Gasteiger partial charge in [-0.2, -0.15) is 0 Å². The molecule has 0 spiro atoms. The average molecular weight is 362 g/mol. The lowest BCUT2D eigenvalue weighted by Gasteiger charge is -2.06. The molecule has 0 fully saturated rings. The van der Waals surface area contributed by atoms with Crippen LogP contribution in [0, 0.1) is 6.92 Å². The van der Waals surface area contributed by atoms with Gasteiger partial charge in [-0.05, 0) is 38.0 Å². The minimum absolute atomic E-state index is 0.116. The molecule has 2 rings (SSSR count). The first-order valence-corrected chi connectivity index (χ1v) is 9.04. The van der Waals surface area contributed by atoms with Gasteiger partial charge in [-0.15, -0.1) is 11.3 Å². The maximum atomic E-state index is 11.9. The average Bonchev–Trinajstić information content (AvgIpc) is 2.98. The van der Waals surface area contributed by atoms with Crippen molar-refractivity contribution in [1.82, 2.24) is 4.98 Å². The number of benzene rings is 1. The van der Waals surface area contributed by atoms with E-state index in [9.17, 15) is 9.59 Å². The Balaban J connectivity index is 1.68. The van der Waals surface area contributed by atoms with Crippen molar-refractivity contribution in [2.75, 3.05) is 18.5 Å². The molecule has 0 aliphatic carbocycles. The maximum absolute atomic E-state index is 11.9. The zero-order chi connectivity index (χ0) is 18.1. The van der Waals surface area contributed by atoms with Crippen molar-refractivity contribution in [2.24, 2.45) is 0 Å². The van der Waals surface area contributed by atoms with Gasteiger partial charge in [0.05, 0.1) is 25.3 Å². The fourth-order valence-electron chi connectivity index (χ4n) is 2.12. The topological polar surface area (TPSA) is 77.5 Å². The standard InChI is InChI=1S/C18H22N2O4S/c1-3-23-17(22)11-14-12-25-18(19-14)20-16(21)8-5-9-24-15-7-4-6-13(2)10-15/h4,6-7,10,12H,3,5,8-9,11H2,1-2H3,(H,19,20,21). The predicted octanol–water partition coefficient (Wildman–Crippen LogP) is 3.35. The Morgan fingerprint density at radius 1 is 1.32 bits per heavy atom. The van der Waals surface area contributed by atoms with Crippen LogP contribution in [0.3, 0.4) is 0 Å². The molecule has 1 aromatic carbocycles. The quantitative estimate of drug-likeness (QED) is 0.547. The highest BCUT2D eigenvalue weighted by Gasteiger charge is 2.10. The van der Waals surface area contributed by atoms with E-state index in [0.29, 0.717) is 36.9 Å². The number of hydrogen-bond donors (Lipinski definition) is 1. The Kier molecular flexibility index (Phi) is 7.40. The van der Waals surface area contributed by atoms with Crippen LogP contribution in [-0.4, -0.2) is 30.1 Å². The van der Waals surface area contributed by atoms with E-state index in [1.807, 2.05) is 31.2 Å². The third-order valence-corrected chi connectivity index (χ3v) is 4.04. The SMILES string of the molecule is CCOC(=O)Cc1csc(NC(=O)CCCOc2cccc(C)c2)n1. The van der Waals surface area contributed by atoms with E-state index in [1.165, 1.54) is 11.3 Å². The number of ether oxygens (including phenoxy) is 2. The highest BCUT2D eigenvalue weighted by Crippen LogP contribution is 2.17. The molecule has 0 unspecified atom stereocenters. The van der Waals surface area contributed by atoms with Crippen LogP contribution in [-0.2, 0) is 20.7 Å². The van der Waals surface area contributed by atoms with Crippen molar-refractivity contribution in [2.45, 2.75) is 33.1 Å². The van der Waals surface area contributed by atoms with Gasteiger partial charge in [-0.25, -0.2) is 4.98 Å². The summed E-state index contributed by atoms with van der Waals surface area (Å²) in [5.74, 6) is 0.368. The molecule has 0 saturated carbocycles. The van der Waals surface area contributed by atoms with Crippen LogP contribution in [0.25, 0.3) is 0 Å². The van der Waals surface area contributed by atoms with Crippen LogP contribution in [0.5, 0.6) is 5.75 Å². The Morgan fingerprint density at radius 3 is 2.92 bits per heavy atom. The molecule has 6 nitrogen and oxygen atoms in total. The third-order valence-electron chi connectivity index (χ3n) is 3.24. The summed E-state index contributed by atoms with van der Waals surface area (Å²) in [5, 5.41) is 4.97. The number of aromatic nitrogens is 1. The first-order chi connectivity index (χ1) is 12.1. The zero-order valence-electron chi connectivity index (χ0n) is 14.4. The minimum Gasteiger partial charge on any atom is -0.494 e. The molecule has 1 aromatic heterocycles. The first-order valence-electron chi connectivity index (χ1n) is 8.16. The summed E-state index contributed by atoms with van der Waals surface area (Å²) >= 11 is 1.29. The van der Waals surface area contributed by atoms with Crippen molar-refractivity contribution in [3.05, 3.63) is 40.9 Å². The van der Waals surface area contributed by atoms with Gasteiger partial charge in [0.25, 0.3) is 0 Å². The highest BCUT2D eigenvalue weighted by atomic mass is 32.1. The predicted molar refractivity (Wildman–Crippen MR) is 97.0 cm³/mol. The van der Waals surface area contributed by atoms with Crippen molar-refractivity contribution >= 4 is 28.3 Å². The summed E-state index contributed by atoms with van der Waals surface area (Å²) in [6, 6.07) is 7.80. The fraction of sp³-hybridized carbons (Fsp3) is 0.389. The molecule has 1 heterocycles. The van der Waals surface area contributed by atoms with E-state index in [-0.39, 0.29) is 18.3 Å². The van der Waals surface area contributed by atoms with E-state index < -0.39 is 0 Å². The molecule has 0 radical (unpaired) electrons. The van der Waals surface area contributed by atoms with Crippen molar-refractivity contribution in [1.29, 1.82) is 0 Å². The molecular formula is C18H22N2O4S. The van der Waals surface area contributed by atoms with Gasteiger partial charge < -0.3 is 14.8 Å². The molecule has 0 atom stereocenters. The second kappa shape index (κ2) is 9.78. The maximum Gasteiger partial charge on any atom is 0.311 e. The second-order valence-electron chi connectivity index (χ2n) is 5.44. The van der Waals surface area contributed by atoms with Crippen LogP contribution in [0.2, 0.25) is 0 Å². The Hall–Kier alpha value is -2.41. The monoisotopic (exact) mass is 362 g/mol. The molecule has 0 aliphatic heterocycles. The molecule has 25 heavy (non-hydrogen) atoms. The smallest absolute Gasteiger partial charge is 0.311 e. The van der Waals surface area contributed by atoms with Gasteiger partial charge in [0, 0.05) is 11.8 Å². The highest BCUT2D eigenvalue weighted by molar-refractivity contribution is 7.13. The lowest BCUT2D eigenvalue weighted by Crippen LogP contribution is -2.13. The van der Waals surface area contributed by atoms with E-state index in [0.717, 1.165) is 11.3 Å². The number of aryl methyl sites for hydroxylation is 1. The lowest BCUT2D eigenvalue weighted by molar-refractivity contribution is -0.142. The molecule has 7 heteroatoms. The number of nitrogens with one attached hydrogen (secondary N) is 1. The largest absolute Gasteiger partial charge is 0.494 e. The van der Waals surface area contributed by atoms with Gasteiger partial charge >= 0.3 is 5.97 Å². The number of carbonyl (C=O) groups excluding carboxylic acids is 2. The Labute approximate surface area is 151 Å². The summed E-state index contributed by atoms with van der Waals surface area (Å²) in [6.45, 7) is 4.58. The summed E-state index contributed by atoms with van der Waals surface area (Å²) < 4.78 is 10.5. The molecular weight excluding hydrogens is 340 g/mol. The number of hydrogen-bond acceptors (Lipinski definition) is 6. The van der Waals surface area contributed by atoms with Crippen LogP contribution in [0.1, 0.15) is 31.0 Å². The molecule has 1 amide bonds. The number of carbonyl (C=O) groups is 2. The normalized spacial score (nSPS) is 10.3. The molecule has 134 valence electrons. The molecule has 0 bridgehead atoms. The summed E-state index contributed by atoms with van der Waals surface area (Å²) in [5.41, 5.74) is 1.74. The van der Waals surface area contributed by atoms with Gasteiger partial charge in [-0.1, -0.05) is 12.1 Å². The number of nitrogens with zero attached hydrogens (tertiary/aromatic N) is 1. The molecule has 1 N–H and O–H groups in total. The number of rotatable bonds is 9. The van der Waals surface area contributed by atoms with E-state index in [4.69, 9.17) is 9.47 Å². The van der Waals surface area contributed by atoms with E-state index in [2.05, 4.69) is 10.3 Å². The minimum atomic E-state index is -0.320. The zero-order valence-corrected chi connectivity index (χ0v) is 15.2. The van der Waals surface area contributed by atoms with Crippen LogP contribution in [0.15, 0.2) is 29.6 Å². The van der Waals surface area contributed by atoms with Crippen LogP contribution < -0.4 is 10.1 Å². The van der Waals surface area contributed by atoms with Crippen molar-refractivity contribution in [3.63, 3.8) is 0 Å². The Morgan fingerprint density at radius 2 is 2.16 bits per heavy atom. The van der Waals surface area contributed by atoms with Crippen molar-refractivity contribution in [3.8, 4) is 5.75 Å². The van der Waals surface area contributed by atoms with E-state index in [1.54, 1.807) is 12.3 Å². The van der Waals surface area contributed by atoms with Crippen LogP contribution >= 0.6 is 11.3 Å². The number of amides is 1. The first kappa shape index (κ1) is 18.9. The second-order valence-corrected chi connectivity index (χ2v) is 6.30. The summed E-state index contributed by atoms with van der Waals surface area (Å²) in [7, 11) is 0. The van der Waals surface area contributed by atoms with Gasteiger partial charge in [0.15, 0.2) is 5.13 Å². The lowest BCUT2D eigenvalue weighted by atomic mass is 10.2. The van der Waals surface area contributed by atoms with Gasteiger partial charge in [0.2, 0.25) is 5.91 Å². The number of thiazole rings is 1. The van der Waals surface area contributed by atoms with Gasteiger partial charge in [-0.3, -0.25) is 9.59 Å². The van der Waals surface area contributed by atoms with Crippen LogP contribution in [0.4, 0.5) is 5.13 Å². The summed E-state index contributed by atoms with van der Waals surface area (Å²) in [6.07, 6.45) is 1.07. The van der Waals surface area contributed by atoms with Crippen molar-refractivity contribution < 1.29 is 19.1 Å². The number of anilines is 1. The summed E-state index contributed by atoms with van der Waals surface area (Å²) in [4.78, 5) is 27.5. The van der Waals surface area contributed by atoms with E-state index >= 15 is 0 Å². The molecule has 0 aliphatic rings. The number of esters is 1. The molecule has 0 saturated heterocycles. The third kappa shape index (κ3) is 6.93. The van der Waals surface area contributed by atoms with Gasteiger partial charge in [0.1, 0.15) is 5.75 Å². The molecule has 2 aromatic rings. The Bertz CT molecular complexity index is 715. The fourth-order valence-corrected chi connectivity index (χ4v) is 2.84.